The number of carbonyl (C=O) groups is 1. The van der Waals surface area contributed by atoms with Gasteiger partial charge in [-0.15, -0.1) is 0 Å². The molecule has 1 saturated carbocycles. The summed E-state index contributed by atoms with van der Waals surface area (Å²) in [5.74, 6) is 1.02. The summed E-state index contributed by atoms with van der Waals surface area (Å²) in [6.45, 7) is 5.13. The Hall–Kier alpha value is -1.51. The lowest BCUT2D eigenvalue weighted by molar-refractivity contribution is -0.122. The molecule has 0 bridgehead atoms. The van der Waals surface area contributed by atoms with E-state index >= 15 is 0 Å². The first kappa shape index (κ1) is 14.9. The molecule has 1 aliphatic carbocycles. The van der Waals surface area contributed by atoms with Gasteiger partial charge in [0.15, 0.2) is 0 Å². The van der Waals surface area contributed by atoms with E-state index in [0.717, 1.165) is 25.0 Å². The Labute approximate surface area is 121 Å². The summed E-state index contributed by atoms with van der Waals surface area (Å²) in [6.07, 6.45) is 4.72. The van der Waals surface area contributed by atoms with Gasteiger partial charge >= 0.3 is 0 Å². The first-order chi connectivity index (χ1) is 9.55. The molecule has 1 unspecified atom stereocenters. The van der Waals surface area contributed by atoms with Crippen molar-refractivity contribution in [3.8, 4) is 5.75 Å². The van der Waals surface area contributed by atoms with Gasteiger partial charge in [0.25, 0.3) is 0 Å². The predicted molar refractivity (Wildman–Crippen MR) is 80.7 cm³/mol. The molecule has 110 valence electrons. The summed E-state index contributed by atoms with van der Waals surface area (Å²) >= 11 is 0. The molecular weight excluding hydrogens is 250 g/mol. The zero-order valence-electron chi connectivity index (χ0n) is 12.5. The lowest BCUT2D eigenvalue weighted by Crippen LogP contribution is -2.33. The van der Waals surface area contributed by atoms with Gasteiger partial charge in [-0.3, -0.25) is 4.79 Å². The third-order valence-corrected chi connectivity index (χ3v) is 3.89. The molecule has 0 saturated heterocycles. The van der Waals surface area contributed by atoms with E-state index in [4.69, 9.17) is 4.74 Å². The highest BCUT2D eigenvalue weighted by atomic mass is 16.5. The number of hydrogen-bond acceptors (Lipinski definition) is 2. The largest absolute Gasteiger partial charge is 0.494 e. The maximum atomic E-state index is 11.9. The van der Waals surface area contributed by atoms with E-state index in [1.165, 1.54) is 6.42 Å². The molecule has 1 aromatic rings. The SMILES string of the molecule is CC1(C)CCC(NC(=O)CCCOc2ccccc2)C1. The van der Waals surface area contributed by atoms with Crippen LogP contribution >= 0.6 is 0 Å². The quantitative estimate of drug-likeness (QED) is 0.806. The van der Waals surface area contributed by atoms with Gasteiger partial charge in [-0.25, -0.2) is 0 Å². The third kappa shape index (κ3) is 4.87. The minimum Gasteiger partial charge on any atom is -0.494 e. The molecule has 0 aromatic heterocycles. The Morgan fingerprint density at radius 2 is 2.10 bits per heavy atom. The maximum absolute atomic E-state index is 11.9. The van der Waals surface area contributed by atoms with Crippen molar-refractivity contribution < 1.29 is 9.53 Å². The van der Waals surface area contributed by atoms with Crippen molar-refractivity contribution in [2.24, 2.45) is 5.41 Å². The van der Waals surface area contributed by atoms with E-state index in [1.54, 1.807) is 0 Å². The monoisotopic (exact) mass is 275 g/mol. The number of nitrogens with one attached hydrogen (secondary N) is 1. The lowest BCUT2D eigenvalue weighted by Gasteiger charge is -2.17. The number of carbonyl (C=O) groups excluding carboxylic acids is 1. The second kappa shape index (κ2) is 6.78. The molecule has 1 aromatic carbocycles. The molecule has 1 atom stereocenters. The highest BCUT2D eigenvalue weighted by molar-refractivity contribution is 5.76. The van der Waals surface area contributed by atoms with Crippen LogP contribution in [0, 0.1) is 5.41 Å². The van der Waals surface area contributed by atoms with Gasteiger partial charge in [-0.05, 0) is 43.2 Å². The Morgan fingerprint density at radius 3 is 2.75 bits per heavy atom. The smallest absolute Gasteiger partial charge is 0.220 e. The summed E-state index contributed by atoms with van der Waals surface area (Å²) in [7, 11) is 0. The Balaban J connectivity index is 1.59. The molecule has 1 N–H and O–H groups in total. The van der Waals surface area contributed by atoms with E-state index in [0.29, 0.717) is 24.5 Å². The highest BCUT2D eigenvalue weighted by Crippen LogP contribution is 2.36. The van der Waals surface area contributed by atoms with Crippen LogP contribution in [0.15, 0.2) is 30.3 Å². The fraction of sp³-hybridized carbons (Fsp3) is 0.588. The molecule has 0 heterocycles. The van der Waals surface area contributed by atoms with Gasteiger partial charge in [0.1, 0.15) is 5.75 Å². The summed E-state index contributed by atoms with van der Waals surface area (Å²) in [6, 6.07) is 10.1. The molecule has 0 radical (unpaired) electrons. The predicted octanol–water partition coefficient (Wildman–Crippen LogP) is 3.54. The van der Waals surface area contributed by atoms with Gasteiger partial charge in [-0.1, -0.05) is 32.0 Å². The third-order valence-electron chi connectivity index (χ3n) is 3.89. The topological polar surface area (TPSA) is 38.3 Å². The van der Waals surface area contributed by atoms with Gasteiger partial charge in [0.2, 0.25) is 5.91 Å². The van der Waals surface area contributed by atoms with Crippen LogP contribution in [-0.2, 0) is 4.79 Å². The first-order valence-corrected chi connectivity index (χ1v) is 7.52. The van der Waals surface area contributed by atoms with E-state index in [1.807, 2.05) is 30.3 Å². The van der Waals surface area contributed by atoms with Crippen molar-refractivity contribution in [3.63, 3.8) is 0 Å². The average Bonchev–Trinajstić information content (AvgIpc) is 2.75. The van der Waals surface area contributed by atoms with Crippen molar-refractivity contribution in [1.29, 1.82) is 0 Å². The number of para-hydroxylation sites is 1. The molecule has 3 nitrogen and oxygen atoms in total. The van der Waals surface area contributed by atoms with Gasteiger partial charge in [0.05, 0.1) is 6.61 Å². The fourth-order valence-electron chi connectivity index (χ4n) is 2.80. The van der Waals surface area contributed by atoms with Crippen molar-refractivity contribution in [1.82, 2.24) is 5.32 Å². The Bertz CT molecular complexity index is 428. The van der Waals surface area contributed by atoms with E-state index in [2.05, 4.69) is 19.2 Å². The van der Waals surface area contributed by atoms with Crippen LogP contribution < -0.4 is 10.1 Å². The molecule has 2 rings (SSSR count). The van der Waals surface area contributed by atoms with Crippen LogP contribution in [-0.4, -0.2) is 18.6 Å². The Morgan fingerprint density at radius 1 is 1.35 bits per heavy atom. The molecule has 0 spiro atoms. The van der Waals surface area contributed by atoms with Crippen molar-refractivity contribution in [2.75, 3.05) is 6.61 Å². The molecule has 20 heavy (non-hydrogen) atoms. The molecule has 1 aliphatic rings. The van der Waals surface area contributed by atoms with Crippen LogP contribution in [0.3, 0.4) is 0 Å². The average molecular weight is 275 g/mol. The number of rotatable bonds is 6. The van der Waals surface area contributed by atoms with Crippen LogP contribution in [0.4, 0.5) is 0 Å². The van der Waals surface area contributed by atoms with Gasteiger partial charge in [-0.2, -0.15) is 0 Å². The van der Waals surface area contributed by atoms with Crippen LogP contribution in [0.1, 0.15) is 46.0 Å². The van der Waals surface area contributed by atoms with Crippen molar-refractivity contribution in [2.45, 2.75) is 52.0 Å². The lowest BCUT2D eigenvalue weighted by atomic mass is 9.92. The standard InChI is InChI=1S/C17H25NO2/c1-17(2)11-10-14(13-17)18-16(19)9-6-12-20-15-7-4-3-5-8-15/h3-5,7-8,14H,6,9-13H2,1-2H3,(H,18,19). The molecular formula is C17H25NO2. The molecule has 3 heteroatoms. The molecule has 0 aliphatic heterocycles. The minimum atomic E-state index is 0.157. The van der Waals surface area contributed by atoms with E-state index in [-0.39, 0.29) is 5.91 Å². The number of benzene rings is 1. The van der Waals surface area contributed by atoms with Crippen LogP contribution in [0.5, 0.6) is 5.75 Å². The van der Waals surface area contributed by atoms with Gasteiger partial charge < -0.3 is 10.1 Å². The summed E-state index contributed by atoms with van der Waals surface area (Å²) in [5, 5.41) is 3.14. The maximum Gasteiger partial charge on any atom is 0.220 e. The zero-order chi connectivity index (χ0) is 14.4. The summed E-state index contributed by atoms with van der Waals surface area (Å²) in [4.78, 5) is 11.9. The highest BCUT2D eigenvalue weighted by Gasteiger charge is 2.31. The summed E-state index contributed by atoms with van der Waals surface area (Å²) in [5.41, 5.74) is 0.383. The second-order valence-electron chi connectivity index (χ2n) is 6.44. The number of hydrogen-bond donors (Lipinski definition) is 1. The molecule has 1 fully saturated rings. The minimum absolute atomic E-state index is 0.157. The normalized spacial score (nSPS) is 20.6. The van der Waals surface area contributed by atoms with Gasteiger partial charge in [0, 0.05) is 12.5 Å². The molecule has 1 amide bonds. The second-order valence-corrected chi connectivity index (χ2v) is 6.44. The Kier molecular flexibility index (Phi) is 5.05. The van der Waals surface area contributed by atoms with E-state index < -0.39 is 0 Å². The first-order valence-electron chi connectivity index (χ1n) is 7.52. The fourth-order valence-corrected chi connectivity index (χ4v) is 2.80. The van der Waals surface area contributed by atoms with Crippen LogP contribution in [0.25, 0.3) is 0 Å². The van der Waals surface area contributed by atoms with E-state index in [9.17, 15) is 4.79 Å². The van der Waals surface area contributed by atoms with Crippen molar-refractivity contribution >= 4 is 5.91 Å². The number of ether oxygens (including phenoxy) is 1. The summed E-state index contributed by atoms with van der Waals surface area (Å²) < 4.78 is 5.58. The van der Waals surface area contributed by atoms with Crippen molar-refractivity contribution in [3.05, 3.63) is 30.3 Å². The number of amides is 1. The van der Waals surface area contributed by atoms with Crippen LogP contribution in [0.2, 0.25) is 0 Å². The zero-order valence-corrected chi connectivity index (χ0v) is 12.5.